The minimum Gasteiger partial charge on any atom is -0.497 e. The second-order valence-electron chi connectivity index (χ2n) is 11.8. The van der Waals surface area contributed by atoms with Gasteiger partial charge in [0.25, 0.3) is 0 Å². The summed E-state index contributed by atoms with van der Waals surface area (Å²) in [6, 6.07) is 5.60. The van der Waals surface area contributed by atoms with Crippen LogP contribution in [0.15, 0.2) is 30.4 Å². The Hall–Kier alpha value is -2.78. The van der Waals surface area contributed by atoms with Crippen LogP contribution in [0.5, 0.6) is 5.75 Å². The van der Waals surface area contributed by atoms with E-state index in [1.54, 1.807) is 7.11 Å². The quantitative estimate of drug-likeness (QED) is 0.413. The summed E-state index contributed by atoms with van der Waals surface area (Å²) in [6.45, 7) is 9.27. The molecule has 1 spiro atoms. The van der Waals surface area contributed by atoms with E-state index < -0.39 is 40.6 Å². The zero-order chi connectivity index (χ0) is 27.5. The number of esters is 1. The van der Waals surface area contributed by atoms with E-state index in [1.165, 1.54) is 6.92 Å². The van der Waals surface area contributed by atoms with Gasteiger partial charge in [-0.15, -0.1) is 0 Å². The number of nitrogens with one attached hydrogen (secondary N) is 1. The molecule has 9 heteroatoms. The Morgan fingerprint density at radius 2 is 2.03 bits per heavy atom. The summed E-state index contributed by atoms with van der Waals surface area (Å²) in [5.41, 5.74) is -0.713. The van der Waals surface area contributed by atoms with Crippen molar-refractivity contribution in [2.45, 2.75) is 69.7 Å². The minimum atomic E-state index is -1.69. The summed E-state index contributed by atoms with van der Waals surface area (Å²) in [7, 11) is 3.61. The number of aliphatic hydroxyl groups is 1. The number of carbonyl (C=O) groups is 2. The van der Waals surface area contributed by atoms with Crippen LogP contribution in [0.1, 0.15) is 46.1 Å². The largest absolute Gasteiger partial charge is 0.497 e. The minimum absolute atomic E-state index is 0.00788. The zero-order valence-electron chi connectivity index (χ0n) is 23.3. The van der Waals surface area contributed by atoms with E-state index in [1.807, 2.05) is 33.0 Å². The number of alkyl carbamates (subject to hydrolysis) is 1. The average molecular weight is 528 g/mol. The van der Waals surface area contributed by atoms with Gasteiger partial charge in [-0.3, -0.25) is 9.69 Å². The number of rotatable bonds is 7. The number of nitrogens with zero attached hydrogens (tertiary/aromatic N) is 2. The maximum Gasteiger partial charge on any atom is 0.407 e. The molecule has 1 aromatic carbocycles. The number of likely N-dealkylation sites (N-methyl/N-ethyl adjacent to an activating group) is 1. The molecular weight excluding hydrogens is 486 g/mol. The van der Waals surface area contributed by atoms with Gasteiger partial charge in [0.1, 0.15) is 18.5 Å². The zero-order valence-corrected chi connectivity index (χ0v) is 23.3. The van der Waals surface area contributed by atoms with E-state index >= 15 is 0 Å². The summed E-state index contributed by atoms with van der Waals surface area (Å²) in [5, 5.41) is 15.7. The Morgan fingerprint density at radius 3 is 2.68 bits per heavy atom. The first kappa shape index (κ1) is 26.8. The van der Waals surface area contributed by atoms with Gasteiger partial charge < -0.3 is 29.5 Å². The predicted molar refractivity (Wildman–Crippen MR) is 143 cm³/mol. The van der Waals surface area contributed by atoms with Crippen molar-refractivity contribution in [1.29, 1.82) is 0 Å². The highest BCUT2D eigenvalue weighted by atomic mass is 16.6. The number of fused-ring (bicyclic) bond motifs is 1. The molecule has 2 fully saturated rings. The molecule has 1 saturated heterocycles. The van der Waals surface area contributed by atoms with Gasteiger partial charge in [-0.1, -0.05) is 39.0 Å². The molecule has 1 aliphatic carbocycles. The molecule has 1 amide bonds. The smallest absolute Gasteiger partial charge is 0.407 e. The number of amides is 1. The number of anilines is 1. The van der Waals surface area contributed by atoms with E-state index in [0.717, 1.165) is 36.5 Å². The SMILES string of the molecule is CC[C@]12C=CCN3CC[C@@]4(c5ccc(OC)cc5N(C)[C@H]4[C@@](O)(COC(=O)NCC(C)C)[C@@H]1OC(C)=O)[C@@H]32. The van der Waals surface area contributed by atoms with Crippen LogP contribution in [0.3, 0.4) is 0 Å². The molecule has 0 radical (unpaired) electrons. The number of hydrogen-bond acceptors (Lipinski definition) is 8. The molecule has 3 aliphatic heterocycles. The highest BCUT2D eigenvalue weighted by Gasteiger charge is 2.78. The van der Waals surface area contributed by atoms with Crippen LogP contribution in [-0.4, -0.2) is 86.3 Å². The van der Waals surface area contributed by atoms with Gasteiger partial charge >= 0.3 is 12.1 Å². The van der Waals surface area contributed by atoms with Gasteiger partial charge in [0.2, 0.25) is 0 Å². The molecule has 1 saturated carbocycles. The molecule has 6 atom stereocenters. The lowest BCUT2D eigenvalue weighted by molar-refractivity contribution is -0.228. The third-order valence-corrected chi connectivity index (χ3v) is 9.31. The highest BCUT2D eigenvalue weighted by Crippen LogP contribution is 2.67. The Labute approximate surface area is 225 Å². The third-order valence-electron chi connectivity index (χ3n) is 9.31. The Balaban J connectivity index is 1.69. The maximum absolute atomic E-state index is 12.9. The molecule has 0 unspecified atom stereocenters. The molecule has 208 valence electrons. The second kappa shape index (κ2) is 9.45. The number of carbonyl (C=O) groups excluding carboxylic acids is 2. The summed E-state index contributed by atoms with van der Waals surface area (Å²) >= 11 is 0. The standard InChI is InChI=1S/C29H41N3O6/c1-7-27-11-8-13-32-14-12-28(23(27)32)21-10-9-20(36-6)15-22(21)31(5)24(28)29(35,25(27)38-19(4)33)17-37-26(34)30-16-18(2)3/h8-11,15,18,23-25,35H,7,12-14,16-17H2,1-6H3,(H,30,34)/t23-,24+,25+,27+,28+,29-/m0/s1. The van der Waals surface area contributed by atoms with Crippen LogP contribution in [0, 0.1) is 11.3 Å². The number of hydrogen-bond donors (Lipinski definition) is 2. The molecule has 5 rings (SSSR count). The molecule has 3 heterocycles. The molecule has 2 N–H and O–H groups in total. The van der Waals surface area contributed by atoms with Crippen molar-refractivity contribution in [3.8, 4) is 5.75 Å². The summed E-state index contributed by atoms with van der Waals surface area (Å²) in [5.74, 6) is 0.514. The van der Waals surface area contributed by atoms with Crippen molar-refractivity contribution in [1.82, 2.24) is 10.2 Å². The second-order valence-corrected chi connectivity index (χ2v) is 11.8. The summed E-state index contributed by atoms with van der Waals surface area (Å²) in [4.78, 5) is 29.9. The molecule has 0 aromatic heterocycles. The molecule has 9 nitrogen and oxygen atoms in total. The van der Waals surface area contributed by atoms with Crippen molar-refractivity contribution in [3.63, 3.8) is 0 Å². The Kier molecular flexibility index (Phi) is 6.67. The Bertz CT molecular complexity index is 1140. The van der Waals surface area contributed by atoms with Crippen molar-refractivity contribution in [2.75, 3.05) is 45.3 Å². The number of ether oxygens (including phenoxy) is 3. The first-order valence-electron chi connectivity index (χ1n) is 13.7. The molecule has 0 bridgehead atoms. The lowest BCUT2D eigenvalue weighted by Gasteiger charge is -2.64. The molecule has 4 aliphatic rings. The fourth-order valence-electron chi connectivity index (χ4n) is 8.13. The summed E-state index contributed by atoms with van der Waals surface area (Å²) in [6.07, 6.45) is 4.23. The highest BCUT2D eigenvalue weighted by molar-refractivity contribution is 5.72. The van der Waals surface area contributed by atoms with E-state index in [9.17, 15) is 14.7 Å². The monoisotopic (exact) mass is 527 g/mol. The van der Waals surface area contributed by atoms with Gasteiger partial charge in [-0.2, -0.15) is 0 Å². The maximum atomic E-state index is 12.9. The van der Waals surface area contributed by atoms with Crippen LogP contribution in [0.4, 0.5) is 10.5 Å². The number of benzene rings is 1. The van der Waals surface area contributed by atoms with Gasteiger partial charge in [-0.05, 0) is 36.9 Å². The fourth-order valence-corrected chi connectivity index (χ4v) is 8.13. The van der Waals surface area contributed by atoms with Gasteiger partial charge in [0.05, 0.1) is 13.2 Å². The van der Waals surface area contributed by atoms with E-state index in [-0.39, 0.29) is 18.6 Å². The topological polar surface area (TPSA) is 101 Å². The van der Waals surface area contributed by atoms with Crippen LogP contribution in [0.25, 0.3) is 0 Å². The first-order valence-corrected chi connectivity index (χ1v) is 13.7. The van der Waals surface area contributed by atoms with Crippen molar-refractivity contribution in [2.24, 2.45) is 11.3 Å². The Morgan fingerprint density at radius 1 is 1.26 bits per heavy atom. The third kappa shape index (κ3) is 3.65. The normalized spacial score (nSPS) is 34.9. The molecule has 38 heavy (non-hydrogen) atoms. The van der Waals surface area contributed by atoms with E-state index in [0.29, 0.717) is 13.0 Å². The van der Waals surface area contributed by atoms with Crippen molar-refractivity contribution >= 4 is 17.7 Å². The first-order chi connectivity index (χ1) is 18.0. The lowest BCUT2D eigenvalue weighted by atomic mass is 9.48. The van der Waals surface area contributed by atoms with Crippen LogP contribution in [-0.2, 0) is 19.7 Å². The molecular formula is C29H41N3O6. The van der Waals surface area contributed by atoms with Crippen LogP contribution in [0.2, 0.25) is 0 Å². The molecule has 1 aromatic rings. The van der Waals surface area contributed by atoms with Crippen LogP contribution >= 0.6 is 0 Å². The van der Waals surface area contributed by atoms with E-state index in [4.69, 9.17) is 14.2 Å². The average Bonchev–Trinajstić information content (AvgIpc) is 3.40. The predicted octanol–water partition coefficient (Wildman–Crippen LogP) is 2.85. The summed E-state index contributed by atoms with van der Waals surface area (Å²) < 4.78 is 17.4. The van der Waals surface area contributed by atoms with Gasteiger partial charge in [0, 0.05) is 55.7 Å². The van der Waals surface area contributed by atoms with E-state index in [2.05, 4.69) is 40.3 Å². The van der Waals surface area contributed by atoms with Gasteiger partial charge in [-0.25, -0.2) is 4.79 Å². The number of methoxy groups -OCH3 is 1. The van der Waals surface area contributed by atoms with Crippen molar-refractivity contribution < 1.29 is 28.9 Å². The van der Waals surface area contributed by atoms with Gasteiger partial charge in [0.15, 0.2) is 5.60 Å². The van der Waals surface area contributed by atoms with Crippen molar-refractivity contribution in [3.05, 3.63) is 35.9 Å². The van der Waals surface area contributed by atoms with Crippen LogP contribution < -0.4 is 15.0 Å². The fraction of sp³-hybridized carbons (Fsp3) is 0.655. The lowest BCUT2D eigenvalue weighted by Crippen LogP contribution is -2.80.